The fraction of sp³-hybridized carbons (Fsp3) is 0.333. The van der Waals surface area contributed by atoms with Crippen LogP contribution < -0.4 is 0 Å². The Labute approximate surface area is 76.8 Å². The molecular formula is C3H6BaN2. The van der Waals surface area contributed by atoms with Crippen LogP contribution in [0, 0.1) is 0 Å². The van der Waals surface area contributed by atoms with Gasteiger partial charge in [-0.05, 0) is 0 Å². The van der Waals surface area contributed by atoms with Crippen LogP contribution in [0.3, 0.4) is 0 Å². The predicted octanol–water partition coefficient (Wildman–Crippen LogP) is -0.817. The first kappa shape index (κ1) is 6.91. The summed E-state index contributed by atoms with van der Waals surface area (Å²) in [4.78, 5) is 7.40. The van der Waals surface area contributed by atoms with Crippen molar-refractivity contribution in [2.24, 2.45) is 9.98 Å². The summed E-state index contributed by atoms with van der Waals surface area (Å²) in [6.07, 6.45) is 3.32. The molecule has 0 aliphatic carbocycles. The molecule has 0 atom stereocenters. The van der Waals surface area contributed by atoms with Crippen LogP contribution in [0.15, 0.2) is 9.98 Å². The van der Waals surface area contributed by atoms with Gasteiger partial charge in [-0.2, -0.15) is 0 Å². The molecule has 0 aromatic carbocycles. The minimum atomic E-state index is 0. The summed E-state index contributed by atoms with van der Waals surface area (Å²) in [5.41, 5.74) is 0. The van der Waals surface area contributed by atoms with Gasteiger partial charge in [0.1, 0.15) is 6.34 Å². The van der Waals surface area contributed by atoms with E-state index in [0.717, 1.165) is 6.54 Å². The molecule has 0 fully saturated rings. The van der Waals surface area contributed by atoms with Gasteiger partial charge in [0.05, 0.1) is 6.54 Å². The molecule has 0 bridgehead atoms. The average Bonchev–Trinajstić information content (AvgIpc) is 1.76. The Kier molecular flexibility index (Phi) is 4.70. The van der Waals surface area contributed by atoms with Crippen LogP contribution in [0.5, 0.6) is 0 Å². The maximum absolute atomic E-state index is 3.74. The summed E-state index contributed by atoms with van der Waals surface area (Å²) in [6, 6.07) is 0. The molecule has 0 radical (unpaired) electrons. The van der Waals surface area contributed by atoms with Crippen molar-refractivity contribution >= 4 is 61.4 Å². The molecule has 1 rings (SSSR count). The van der Waals surface area contributed by atoms with E-state index in [2.05, 4.69) is 9.98 Å². The second-order valence-electron chi connectivity index (χ2n) is 0.812. The van der Waals surface area contributed by atoms with Crippen molar-refractivity contribution < 1.29 is 0 Å². The molecule has 1 heterocycles. The van der Waals surface area contributed by atoms with Crippen LogP contribution in [0.2, 0.25) is 0 Å². The van der Waals surface area contributed by atoms with Crippen molar-refractivity contribution in [2.45, 2.75) is 0 Å². The van der Waals surface area contributed by atoms with E-state index in [4.69, 9.17) is 0 Å². The van der Waals surface area contributed by atoms with E-state index in [9.17, 15) is 0 Å². The monoisotopic (exact) mass is 208 g/mol. The van der Waals surface area contributed by atoms with Crippen LogP contribution in [-0.4, -0.2) is 68.0 Å². The Morgan fingerprint density at radius 1 is 1.50 bits per heavy atom. The van der Waals surface area contributed by atoms with E-state index in [-0.39, 0.29) is 48.9 Å². The van der Waals surface area contributed by atoms with Crippen molar-refractivity contribution in [1.29, 1.82) is 0 Å². The van der Waals surface area contributed by atoms with Gasteiger partial charge in [-0.25, -0.2) is 4.99 Å². The van der Waals surface area contributed by atoms with Gasteiger partial charge in [-0.15, -0.1) is 0 Å². The zero-order chi connectivity index (χ0) is 3.54. The zero-order valence-electron chi connectivity index (χ0n) is 2.76. The standard InChI is InChI=1S/C3H4N2.Ba.2H/c1-2-5-3-4-1;;;/h1,3H,2H2;;;. The maximum atomic E-state index is 3.74. The SMILES string of the molecule is C1=NC=NC1.[BaH2]. The first-order chi connectivity index (χ1) is 2.50. The molecule has 0 spiro atoms. The van der Waals surface area contributed by atoms with Gasteiger partial charge in [0.15, 0.2) is 0 Å². The Hall–Kier alpha value is 0.911. The van der Waals surface area contributed by atoms with Gasteiger partial charge in [-0.3, -0.25) is 4.99 Å². The van der Waals surface area contributed by atoms with Crippen LogP contribution in [-0.2, 0) is 0 Å². The van der Waals surface area contributed by atoms with E-state index in [1.54, 1.807) is 12.6 Å². The average molecular weight is 207 g/mol. The van der Waals surface area contributed by atoms with Gasteiger partial charge in [0.2, 0.25) is 0 Å². The quantitative estimate of drug-likeness (QED) is 0.464. The van der Waals surface area contributed by atoms with Gasteiger partial charge < -0.3 is 0 Å². The van der Waals surface area contributed by atoms with Crippen LogP contribution in [0.1, 0.15) is 0 Å². The third-order valence-electron chi connectivity index (χ3n) is 0.441. The predicted molar refractivity (Wildman–Crippen MR) is 30.4 cm³/mol. The van der Waals surface area contributed by atoms with Gasteiger partial charge in [0, 0.05) is 6.21 Å². The Balaban J connectivity index is 0.000000250. The van der Waals surface area contributed by atoms with Crippen LogP contribution in [0.4, 0.5) is 0 Å². The molecule has 0 N–H and O–H groups in total. The van der Waals surface area contributed by atoms with Gasteiger partial charge in [0.25, 0.3) is 0 Å². The van der Waals surface area contributed by atoms with E-state index < -0.39 is 0 Å². The van der Waals surface area contributed by atoms with Gasteiger partial charge >= 0.3 is 48.9 Å². The van der Waals surface area contributed by atoms with E-state index >= 15 is 0 Å². The molecule has 0 amide bonds. The third-order valence-corrected chi connectivity index (χ3v) is 0.441. The number of hydrogen-bond acceptors (Lipinski definition) is 2. The number of hydrogen-bond donors (Lipinski definition) is 0. The van der Waals surface area contributed by atoms with E-state index in [0.29, 0.717) is 0 Å². The fourth-order valence-electron chi connectivity index (χ4n) is 0.236. The topological polar surface area (TPSA) is 24.7 Å². The summed E-state index contributed by atoms with van der Waals surface area (Å²) in [5, 5.41) is 0. The molecule has 30 valence electrons. The Morgan fingerprint density at radius 2 is 2.33 bits per heavy atom. The Bertz CT molecular complexity index is 66.9. The summed E-state index contributed by atoms with van der Waals surface area (Å²) in [6.45, 7) is 0.778. The normalized spacial score (nSPS) is 14.7. The third kappa shape index (κ3) is 2.15. The molecule has 0 aromatic heterocycles. The van der Waals surface area contributed by atoms with Crippen molar-refractivity contribution in [2.75, 3.05) is 6.54 Å². The summed E-state index contributed by atoms with van der Waals surface area (Å²) < 4.78 is 0. The molecule has 0 saturated carbocycles. The van der Waals surface area contributed by atoms with Crippen molar-refractivity contribution in [1.82, 2.24) is 0 Å². The summed E-state index contributed by atoms with van der Waals surface area (Å²) in [7, 11) is 0. The molecule has 1 aliphatic heterocycles. The van der Waals surface area contributed by atoms with Crippen molar-refractivity contribution in [3.05, 3.63) is 0 Å². The summed E-state index contributed by atoms with van der Waals surface area (Å²) in [5.74, 6) is 0. The van der Waals surface area contributed by atoms with Crippen molar-refractivity contribution in [3.63, 3.8) is 0 Å². The molecule has 3 heteroatoms. The number of rotatable bonds is 0. The molecule has 0 aromatic rings. The molecular weight excluding hydrogens is 201 g/mol. The zero-order valence-corrected chi connectivity index (χ0v) is 2.76. The second-order valence-corrected chi connectivity index (χ2v) is 0.812. The van der Waals surface area contributed by atoms with Crippen LogP contribution in [0.25, 0.3) is 0 Å². The number of nitrogens with zero attached hydrogens (tertiary/aromatic N) is 2. The van der Waals surface area contributed by atoms with E-state index in [1.165, 1.54) is 0 Å². The molecule has 0 unspecified atom stereocenters. The minimum absolute atomic E-state index is 0. The van der Waals surface area contributed by atoms with E-state index in [1.807, 2.05) is 0 Å². The first-order valence-corrected chi connectivity index (χ1v) is 1.50. The van der Waals surface area contributed by atoms with Crippen LogP contribution >= 0.6 is 0 Å². The Morgan fingerprint density at radius 3 is 2.50 bits per heavy atom. The molecule has 0 saturated heterocycles. The molecule has 2 nitrogen and oxygen atoms in total. The molecule has 6 heavy (non-hydrogen) atoms. The molecule has 1 aliphatic rings. The number of aliphatic imine (C=N–C) groups is 2. The summed E-state index contributed by atoms with van der Waals surface area (Å²) >= 11 is 0. The first-order valence-electron chi connectivity index (χ1n) is 1.50. The fourth-order valence-corrected chi connectivity index (χ4v) is 0.236. The second kappa shape index (κ2) is 4.08. The van der Waals surface area contributed by atoms with Gasteiger partial charge in [-0.1, -0.05) is 0 Å². The van der Waals surface area contributed by atoms with Crippen molar-refractivity contribution in [3.8, 4) is 0 Å².